The molecule has 0 aliphatic heterocycles. The van der Waals surface area contributed by atoms with Gasteiger partial charge in [0.2, 0.25) is 11.8 Å². The van der Waals surface area contributed by atoms with Crippen LogP contribution < -0.4 is 10.1 Å². The Morgan fingerprint density at radius 2 is 1.91 bits per heavy atom. The van der Waals surface area contributed by atoms with Crippen molar-refractivity contribution in [1.82, 2.24) is 10.2 Å². The van der Waals surface area contributed by atoms with E-state index in [2.05, 4.69) is 5.32 Å². The molecule has 1 atom stereocenters. The van der Waals surface area contributed by atoms with Gasteiger partial charge >= 0.3 is 0 Å². The molecule has 1 N–H and O–H groups in total. The molecule has 8 heteroatoms. The minimum absolute atomic E-state index is 0.0937. The highest BCUT2D eigenvalue weighted by atomic mass is 35.5. The second-order valence-corrected chi connectivity index (χ2v) is 9.27. The molecule has 0 aliphatic carbocycles. The van der Waals surface area contributed by atoms with E-state index in [1.54, 1.807) is 31.1 Å². The van der Waals surface area contributed by atoms with E-state index >= 15 is 0 Å². The SMILES string of the molecule is COc1cccc(CN(C(=O)CSCc2c(F)cccc2Cl)[C@@H](C)C(=O)NCC(C)C)c1. The molecule has 2 aromatic carbocycles. The highest BCUT2D eigenvalue weighted by Gasteiger charge is 2.26. The van der Waals surface area contributed by atoms with Crippen LogP contribution in [0.4, 0.5) is 4.39 Å². The third-order valence-electron chi connectivity index (χ3n) is 4.87. The number of carbonyl (C=O) groups excluding carboxylic acids is 2. The molecule has 0 radical (unpaired) electrons. The molecule has 0 bridgehead atoms. The number of ether oxygens (including phenoxy) is 1. The standard InChI is InChI=1S/C24H30ClFN2O3S/c1-16(2)12-27-24(30)17(3)28(13-18-7-5-8-19(11-18)31-4)23(29)15-32-14-20-21(25)9-6-10-22(20)26/h5-11,16-17H,12-15H2,1-4H3,(H,27,30)/t17-/m0/s1. The molecule has 2 amide bonds. The van der Waals surface area contributed by atoms with Crippen molar-refractivity contribution in [2.45, 2.75) is 39.1 Å². The smallest absolute Gasteiger partial charge is 0.242 e. The fraction of sp³-hybridized carbons (Fsp3) is 0.417. The summed E-state index contributed by atoms with van der Waals surface area (Å²) in [5.41, 5.74) is 1.22. The van der Waals surface area contributed by atoms with Crippen LogP contribution >= 0.6 is 23.4 Å². The minimum Gasteiger partial charge on any atom is -0.497 e. The fourth-order valence-corrected chi connectivity index (χ4v) is 4.25. The molecule has 0 fully saturated rings. The van der Waals surface area contributed by atoms with Crippen molar-refractivity contribution in [2.24, 2.45) is 5.92 Å². The molecule has 32 heavy (non-hydrogen) atoms. The molecular formula is C24H30ClFN2O3S. The third kappa shape index (κ3) is 7.71. The zero-order valence-electron chi connectivity index (χ0n) is 18.9. The number of thioether (sulfide) groups is 1. The van der Waals surface area contributed by atoms with Gasteiger partial charge in [-0.2, -0.15) is 0 Å². The van der Waals surface area contributed by atoms with E-state index < -0.39 is 11.9 Å². The molecule has 0 saturated heterocycles. The summed E-state index contributed by atoms with van der Waals surface area (Å²) in [6, 6.07) is 11.2. The molecule has 0 heterocycles. The molecule has 2 rings (SSSR count). The lowest BCUT2D eigenvalue weighted by Crippen LogP contribution is -2.48. The molecule has 0 aromatic heterocycles. The van der Waals surface area contributed by atoms with Crippen LogP contribution in [0.2, 0.25) is 5.02 Å². The van der Waals surface area contributed by atoms with Crippen molar-refractivity contribution in [3.05, 3.63) is 64.4 Å². The lowest BCUT2D eigenvalue weighted by Gasteiger charge is -2.29. The van der Waals surface area contributed by atoms with E-state index in [0.29, 0.717) is 28.8 Å². The van der Waals surface area contributed by atoms with Crippen molar-refractivity contribution < 1.29 is 18.7 Å². The van der Waals surface area contributed by atoms with E-state index in [1.165, 1.54) is 17.8 Å². The maximum absolute atomic E-state index is 14.0. The number of hydrogen-bond acceptors (Lipinski definition) is 4. The molecule has 2 aromatic rings. The van der Waals surface area contributed by atoms with Crippen LogP contribution in [0.25, 0.3) is 0 Å². The average Bonchev–Trinajstić information content (AvgIpc) is 2.77. The summed E-state index contributed by atoms with van der Waals surface area (Å²) < 4.78 is 19.3. The first-order chi connectivity index (χ1) is 15.2. The molecule has 0 saturated carbocycles. The molecule has 0 unspecified atom stereocenters. The van der Waals surface area contributed by atoms with Crippen LogP contribution in [0.3, 0.4) is 0 Å². The Bertz CT molecular complexity index is 906. The number of amides is 2. The lowest BCUT2D eigenvalue weighted by atomic mass is 10.1. The van der Waals surface area contributed by atoms with Crippen molar-refractivity contribution >= 4 is 35.2 Å². The molecule has 0 aliphatic rings. The van der Waals surface area contributed by atoms with Gasteiger partial charge in [0.1, 0.15) is 17.6 Å². The van der Waals surface area contributed by atoms with Gasteiger partial charge in [-0.15, -0.1) is 11.8 Å². The van der Waals surface area contributed by atoms with Gasteiger partial charge in [-0.05, 0) is 42.7 Å². The van der Waals surface area contributed by atoms with Gasteiger partial charge in [-0.3, -0.25) is 9.59 Å². The van der Waals surface area contributed by atoms with Crippen LogP contribution in [0.5, 0.6) is 5.75 Å². The minimum atomic E-state index is -0.662. The van der Waals surface area contributed by atoms with Gasteiger partial charge in [0, 0.05) is 29.4 Å². The predicted molar refractivity (Wildman–Crippen MR) is 128 cm³/mol. The highest BCUT2D eigenvalue weighted by molar-refractivity contribution is 7.99. The van der Waals surface area contributed by atoms with Crippen molar-refractivity contribution in [3.63, 3.8) is 0 Å². The van der Waals surface area contributed by atoms with Crippen molar-refractivity contribution in [2.75, 3.05) is 19.4 Å². The number of halogens is 2. The second kappa shape index (κ2) is 12.7. The average molecular weight is 481 g/mol. The molecule has 5 nitrogen and oxygen atoms in total. The Labute approximate surface area is 198 Å². The summed E-state index contributed by atoms with van der Waals surface area (Å²) in [5, 5.41) is 3.22. The first kappa shape index (κ1) is 26.0. The third-order valence-corrected chi connectivity index (χ3v) is 6.17. The van der Waals surface area contributed by atoms with Gasteiger partial charge in [0.25, 0.3) is 0 Å². The van der Waals surface area contributed by atoms with E-state index in [4.69, 9.17) is 16.3 Å². The lowest BCUT2D eigenvalue weighted by molar-refractivity contribution is -0.138. The first-order valence-corrected chi connectivity index (χ1v) is 12.0. The van der Waals surface area contributed by atoms with Gasteiger partial charge in [0.05, 0.1) is 12.9 Å². The highest BCUT2D eigenvalue weighted by Crippen LogP contribution is 2.24. The number of rotatable bonds is 11. The fourth-order valence-electron chi connectivity index (χ4n) is 3.00. The first-order valence-electron chi connectivity index (χ1n) is 10.4. The molecular weight excluding hydrogens is 451 g/mol. The summed E-state index contributed by atoms with van der Waals surface area (Å²) in [4.78, 5) is 27.3. The topological polar surface area (TPSA) is 58.6 Å². The van der Waals surface area contributed by atoms with Gasteiger partial charge in [-0.1, -0.05) is 43.6 Å². The normalized spacial score (nSPS) is 11.8. The van der Waals surface area contributed by atoms with Crippen LogP contribution in [0.15, 0.2) is 42.5 Å². The Kier molecular flexibility index (Phi) is 10.3. The summed E-state index contributed by atoms with van der Waals surface area (Å²) in [6.45, 7) is 6.52. The number of carbonyl (C=O) groups is 2. The Morgan fingerprint density at radius 1 is 1.19 bits per heavy atom. The number of nitrogens with one attached hydrogen (secondary N) is 1. The van der Waals surface area contributed by atoms with Crippen LogP contribution in [-0.4, -0.2) is 42.2 Å². The second-order valence-electron chi connectivity index (χ2n) is 7.88. The van der Waals surface area contributed by atoms with E-state index in [0.717, 1.165) is 5.56 Å². The van der Waals surface area contributed by atoms with Gasteiger partial charge in [-0.25, -0.2) is 4.39 Å². The number of nitrogens with zero attached hydrogens (tertiary/aromatic N) is 1. The number of benzene rings is 2. The van der Waals surface area contributed by atoms with E-state index in [9.17, 15) is 14.0 Å². The predicted octanol–water partition coefficient (Wildman–Crippen LogP) is 4.91. The Hall–Kier alpha value is -2.25. The summed E-state index contributed by atoms with van der Waals surface area (Å²) >= 11 is 7.35. The Balaban J connectivity index is 2.12. The number of methoxy groups -OCH3 is 1. The zero-order valence-corrected chi connectivity index (χ0v) is 20.4. The Morgan fingerprint density at radius 3 is 2.56 bits per heavy atom. The maximum atomic E-state index is 14.0. The quantitative estimate of drug-likeness (QED) is 0.496. The zero-order chi connectivity index (χ0) is 23.7. The summed E-state index contributed by atoms with van der Waals surface area (Å²) in [7, 11) is 1.58. The largest absolute Gasteiger partial charge is 0.497 e. The summed E-state index contributed by atoms with van der Waals surface area (Å²) in [5.74, 6) is 0.515. The van der Waals surface area contributed by atoms with Crippen LogP contribution in [0.1, 0.15) is 31.9 Å². The van der Waals surface area contributed by atoms with Crippen LogP contribution in [-0.2, 0) is 21.9 Å². The van der Waals surface area contributed by atoms with Gasteiger partial charge < -0.3 is 15.0 Å². The maximum Gasteiger partial charge on any atom is 0.242 e. The van der Waals surface area contributed by atoms with Crippen molar-refractivity contribution in [1.29, 1.82) is 0 Å². The summed E-state index contributed by atoms with van der Waals surface area (Å²) in [6.07, 6.45) is 0. The van der Waals surface area contributed by atoms with E-state index in [-0.39, 0.29) is 29.9 Å². The van der Waals surface area contributed by atoms with E-state index in [1.807, 2.05) is 38.1 Å². The van der Waals surface area contributed by atoms with Crippen molar-refractivity contribution in [3.8, 4) is 5.75 Å². The monoisotopic (exact) mass is 480 g/mol. The van der Waals surface area contributed by atoms with Gasteiger partial charge in [0.15, 0.2) is 0 Å². The molecule has 0 spiro atoms. The molecule has 174 valence electrons. The number of hydrogen-bond donors (Lipinski definition) is 1. The van der Waals surface area contributed by atoms with Crippen LogP contribution in [0, 0.1) is 11.7 Å².